The Morgan fingerprint density at radius 2 is 2.15 bits per heavy atom. The summed E-state index contributed by atoms with van der Waals surface area (Å²) in [5.74, 6) is -1.06. The molecular weight excluding hydrogens is 284 g/mol. The number of carbonyl (C=O) groups excluding carboxylic acids is 1. The van der Waals surface area contributed by atoms with E-state index in [1.165, 1.54) is 12.4 Å². The summed E-state index contributed by atoms with van der Waals surface area (Å²) in [7, 11) is 0. The number of pyridine rings is 1. The minimum Gasteiger partial charge on any atom is -0.481 e. The van der Waals surface area contributed by atoms with Gasteiger partial charge in [-0.3, -0.25) is 9.78 Å². The van der Waals surface area contributed by atoms with Crippen molar-refractivity contribution in [2.45, 2.75) is 38.8 Å². The van der Waals surface area contributed by atoms with Crippen LogP contribution in [0.4, 0.5) is 4.79 Å². The van der Waals surface area contributed by atoms with Crippen LogP contribution in [0, 0.1) is 0 Å². The van der Waals surface area contributed by atoms with E-state index in [2.05, 4.69) is 10.3 Å². The highest BCUT2D eigenvalue weighted by Gasteiger charge is 2.23. The SMILES string of the molecule is CC(C)(C)OC(=O)N[C@H](CC(=O)O)c1ccncc1Cl. The smallest absolute Gasteiger partial charge is 0.408 e. The van der Waals surface area contributed by atoms with Crippen molar-refractivity contribution in [1.82, 2.24) is 10.3 Å². The Balaban J connectivity index is 2.88. The third-order valence-corrected chi connectivity index (χ3v) is 2.56. The van der Waals surface area contributed by atoms with Crippen molar-refractivity contribution >= 4 is 23.7 Å². The highest BCUT2D eigenvalue weighted by molar-refractivity contribution is 6.31. The number of carbonyl (C=O) groups is 2. The molecule has 0 unspecified atom stereocenters. The fourth-order valence-electron chi connectivity index (χ4n) is 1.53. The number of halogens is 1. The maximum absolute atomic E-state index is 11.8. The molecule has 0 spiro atoms. The molecule has 1 atom stereocenters. The van der Waals surface area contributed by atoms with Gasteiger partial charge in [-0.1, -0.05) is 11.6 Å². The van der Waals surface area contributed by atoms with Gasteiger partial charge in [-0.25, -0.2) is 4.79 Å². The number of hydrogen-bond acceptors (Lipinski definition) is 4. The molecule has 1 heterocycles. The summed E-state index contributed by atoms with van der Waals surface area (Å²) in [5, 5.41) is 11.7. The molecule has 0 saturated heterocycles. The first kappa shape index (κ1) is 16.2. The van der Waals surface area contributed by atoms with Crippen molar-refractivity contribution in [3.63, 3.8) is 0 Å². The van der Waals surface area contributed by atoms with E-state index in [0.717, 1.165) is 0 Å². The molecule has 0 bridgehead atoms. The summed E-state index contributed by atoms with van der Waals surface area (Å²) in [6.45, 7) is 5.16. The van der Waals surface area contributed by atoms with Crippen LogP contribution in [0.15, 0.2) is 18.5 Å². The lowest BCUT2D eigenvalue weighted by molar-refractivity contribution is -0.137. The van der Waals surface area contributed by atoms with E-state index < -0.39 is 23.7 Å². The molecule has 20 heavy (non-hydrogen) atoms. The standard InChI is InChI=1S/C13H17ClN2O4/c1-13(2,3)20-12(19)16-10(6-11(17)18)8-4-5-15-7-9(8)14/h4-5,7,10H,6H2,1-3H3,(H,16,19)(H,17,18)/t10-/m1/s1. The number of ether oxygens (including phenoxy) is 1. The predicted octanol–water partition coefficient (Wildman–Crippen LogP) is 2.78. The first-order chi connectivity index (χ1) is 9.19. The van der Waals surface area contributed by atoms with Crippen molar-refractivity contribution < 1.29 is 19.4 Å². The molecule has 0 aliphatic carbocycles. The topological polar surface area (TPSA) is 88.5 Å². The van der Waals surface area contributed by atoms with Gasteiger partial charge in [-0.2, -0.15) is 0 Å². The number of alkyl carbamates (subject to hydrolysis) is 1. The van der Waals surface area contributed by atoms with Crippen molar-refractivity contribution in [3.8, 4) is 0 Å². The summed E-state index contributed by atoms with van der Waals surface area (Å²) >= 11 is 5.97. The molecule has 0 aliphatic heterocycles. The normalized spacial score (nSPS) is 12.6. The third kappa shape index (κ3) is 5.44. The van der Waals surface area contributed by atoms with Crippen LogP contribution in [-0.4, -0.2) is 27.8 Å². The van der Waals surface area contributed by atoms with E-state index in [0.29, 0.717) is 5.56 Å². The zero-order valence-electron chi connectivity index (χ0n) is 11.5. The minimum atomic E-state index is -1.06. The molecule has 0 aliphatic rings. The van der Waals surface area contributed by atoms with E-state index in [1.807, 2.05) is 0 Å². The molecule has 1 rings (SSSR count). The Kier molecular flexibility index (Phi) is 5.33. The lowest BCUT2D eigenvalue weighted by atomic mass is 10.1. The number of nitrogens with one attached hydrogen (secondary N) is 1. The van der Waals surface area contributed by atoms with Gasteiger partial charge in [0.1, 0.15) is 5.60 Å². The average Bonchev–Trinajstić information content (AvgIpc) is 2.25. The van der Waals surface area contributed by atoms with E-state index in [-0.39, 0.29) is 11.4 Å². The number of carboxylic acids is 1. The van der Waals surface area contributed by atoms with Crippen molar-refractivity contribution in [2.24, 2.45) is 0 Å². The predicted molar refractivity (Wildman–Crippen MR) is 73.6 cm³/mol. The van der Waals surface area contributed by atoms with Crippen LogP contribution < -0.4 is 5.32 Å². The number of carboxylic acid groups (broad SMARTS) is 1. The maximum Gasteiger partial charge on any atom is 0.408 e. The average molecular weight is 301 g/mol. The van der Waals surface area contributed by atoms with Crippen LogP contribution in [0.25, 0.3) is 0 Å². The Morgan fingerprint density at radius 1 is 1.50 bits per heavy atom. The summed E-state index contributed by atoms with van der Waals surface area (Å²) in [4.78, 5) is 26.5. The van der Waals surface area contributed by atoms with Crippen LogP contribution in [0.3, 0.4) is 0 Å². The third-order valence-electron chi connectivity index (χ3n) is 2.25. The zero-order valence-corrected chi connectivity index (χ0v) is 12.3. The largest absolute Gasteiger partial charge is 0.481 e. The van der Waals surface area contributed by atoms with E-state index in [9.17, 15) is 9.59 Å². The van der Waals surface area contributed by atoms with Gasteiger partial charge >= 0.3 is 12.1 Å². The molecule has 7 heteroatoms. The van der Waals surface area contributed by atoms with E-state index >= 15 is 0 Å². The van der Waals surface area contributed by atoms with Gasteiger partial charge < -0.3 is 15.2 Å². The fourth-order valence-corrected chi connectivity index (χ4v) is 1.78. The Bertz CT molecular complexity index is 499. The van der Waals surface area contributed by atoms with Crippen LogP contribution in [-0.2, 0) is 9.53 Å². The fraction of sp³-hybridized carbons (Fsp3) is 0.462. The van der Waals surface area contributed by atoms with Gasteiger partial charge in [-0.15, -0.1) is 0 Å². The molecular formula is C13H17ClN2O4. The summed E-state index contributed by atoms with van der Waals surface area (Å²) in [6, 6.07) is 0.783. The summed E-state index contributed by atoms with van der Waals surface area (Å²) < 4.78 is 5.11. The van der Waals surface area contributed by atoms with Gasteiger partial charge in [0.15, 0.2) is 0 Å². The molecule has 0 aromatic carbocycles. The van der Waals surface area contributed by atoms with Gasteiger partial charge in [0.2, 0.25) is 0 Å². The molecule has 1 aromatic rings. The van der Waals surface area contributed by atoms with Crippen molar-refractivity contribution in [2.75, 3.05) is 0 Å². The van der Waals surface area contributed by atoms with Gasteiger partial charge in [-0.05, 0) is 32.4 Å². The Labute approximate surface area is 122 Å². The number of nitrogens with zero attached hydrogens (tertiary/aromatic N) is 1. The molecule has 110 valence electrons. The number of aliphatic carboxylic acids is 1. The van der Waals surface area contributed by atoms with Crippen LogP contribution in [0.5, 0.6) is 0 Å². The van der Waals surface area contributed by atoms with Crippen molar-refractivity contribution in [1.29, 1.82) is 0 Å². The monoisotopic (exact) mass is 300 g/mol. The Morgan fingerprint density at radius 3 is 2.65 bits per heavy atom. The quantitative estimate of drug-likeness (QED) is 0.892. The molecule has 0 radical (unpaired) electrons. The van der Waals surface area contributed by atoms with Gasteiger partial charge in [0.05, 0.1) is 17.5 Å². The van der Waals surface area contributed by atoms with Crippen molar-refractivity contribution in [3.05, 3.63) is 29.0 Å². The van der Waals surface area contributed by atoms with Gasteiger partial charge in [0, 0.05) is 12.4 Å². The summed E-state index contributed by atoms with van der Waals surface area (Å²) in [6.07, 6.45) is 1.87. The number of rotatable bonds is 4. The first-order valence-electron chi connectivity index (χ1n) is 6.00. The molecule has 6 nitrogen and oxygen atoms in total. The van der Waals surface area contributed by atoms with Crippen LogP contribution in [0.2, 0.25) is 5.02 Å². The molecule has 1 aromatic heterocycles. The molecule has 0 saturated carbocycles. The zero-order chi connectivity index (χ0) is 15.3. The van der Waals surface area contributed by atoms with Crippen LogP contribution >= 0.6 is 11.6 Å². The Hall–Kier alpha value is -1.82. The van der Waals surface area contributed by atoms with Crippen LogP contribution in [0.1, 0.15) is 38.8 Å². The highest BCUT2D eigenvalue weighted by atomic mass is 35.5. The second-order valence-electron chi connectivity index (χ2n) is 5.19. The molecule has 1 amide bonds. The van der Waals surface area contributed by atoms with E-state index in [1.54, 1.807) is 26.8 Å². The second-order valence-corrected chi connectivity index (χ2v) is 5.60. The summed E-state index contributed by atoms with van der Waals surface area (Å²) in [5.41, 5.74) is -0.185. The number of hydrogen-bond donors (Lipinski definition) is 2. The van der Waals surface area contributed by atoms with Gasteiger partial charge in [0.25, 0.3) is 0 Å². The van der Waals surface area contributed by atoms with E-state index in [4.69, 9.17) is 21.4 Å². The lowest BCUT2D eigenvalue weighted by Crippen LogP contribution is -2.35. The maximum atomic E-state index is 11.8. The lowest BCUT2D eigenvalue weighted by Gasteiger charge is -2.23. The number of aromatic nitrogens is 1. The minimum absolute atomic E-state index is 0.287. The highest BCUT2D eigenvalue weighted by Crippen LogP contribution is 2.24. The number of amides is 1. The molecule has 0 fully saturated rings. The second kappa shape index (κ2) is 6.56. The molecule has 2 N–H and O–H groups in total. The first-order valence-corrected chi connectivity index (χ1v) is 6.37.